The van der Waals surface area contributed by atoms with Crippen molar-refractivity contribution >= 4 is 5.69 Å². The average molecular weight is 259 g/mol. The molecule has 1 heterocycles. The summed E-state index contributed by atoms with van der Waals surface area (Å²) in [5.41, 5.74) is 8.75. The van der Waals surface area contributed by atoms with Crippen molar-refractivity contribution in [3.05, 3.63) is 47.8 Å². The molecule has 1 atom stereocenters. The van der Waals surface area contributed by atoms with Crippen LogP contribution in [0.25, 0.3) is 0 Å². The molecule has 19 heavy (non-hydrogen) atoms. The molecule has 0 saturated heterocycles. The number of rotatable bonds is 6. The quantitative estimate of drug-likeness (QED) is 0.867. The number of aromatic nitrogens is 2. The highest BCUT2D eigenvalue weighted by Gasteiger charge is 2.08. The van der Waals surface area contributed by atoms with Crippen LogP contribution in [0.1, 0.15) is 18.2 Å². The number of nitrogen functional groups attached to an aromatic ring is 1. The molecule has 0 radical (unpaired) electrons. The van der Waals surface area contributed by atoms with Gasteiger partial charge in [0.1, 0.15) is 0 Å². The molecule has 0 aliphatic carbocycles. The molecule has 2 rings (SSSR count). The van der Waals surface area contributed by atoms with Crippen molar-refractivity contribution in [1.29, 1.82) is 0 Å². The first-order chi connectivity index (χ1) is 9.16. The Balaban J connectivity index is 1.76. The number of hydrogen-bond acceptors (Lipinski definition) is 3. The summed E-state index contributed by atoms with van der Waals surface area (Å²) in [6.45, 7) is 6.35. The summed E-state index contributed by atoms with van der Waals surface area (Å²) in [6.07, 6.45) is 1.70. The van der Waals surface area contributed by atoms with E-state index in [1.807, 2.05) is 29.8 Å². The molecule has 0 spiro atoms. The molecule has 1 aromatic heterocycles. The third kappa shape index (κ3) is 3.83. The highest BCUT2D eigenvalue weighted by Crippen LogP contribution is 2.11. The van der Waals surface area contributed by atoms with Gasteiger partial charge in [-0.1, -0.05) is 37.3 Å². The minimum atomic E-state index is 0.404. The van der Waals surface area contributed by atoms with Gasteiger partial charge in [0.2, 0.25) is 0 Å². The van der Waals surface area contributed by atoms with Crippen LogP contribution in [0.4, 0.5) is 5.69 Å². The van der Waals surface area contributed by atoms with Gasteiger partial charge in [-0.3, -0.25) is 4.68 Å². The van der Waals surface area contributed by atoms with Crippen LogP contribution in [-0.4, -0.2) is 16.4 Å². The number of nitrogens with two attached hydrogens (primary N) is 1. The maximum absolute atomic E-state index is 5.78. The van der Waals surface area contributed by atoms with Gasteiger partial charge in [-0.25, -0.2) is 0 Å². The van der Waals surface area contributed by atoms with E-state index in [9.17, 15) is 0 Å². The first kappa shape index (κ1) is 13.6. The van der Waals surface area contributed by atoms with E-state index < -0.39 is 0 Å². The summed E-state index contributed by atoms with van der Waals surface area (Å²) in [6, 6.07) is 10.2. The van der Waals surface area contributed by atoms with Gasteiger partial charge in [0, 0.05) is 6.54 Å². The molecule has 4 heteroatoms. The van der Waals surface area contributed by atoms with Crippen LogP contribution in [0, 0.1) is 12.8 Å². The van der Waals surface area contributed by atoms with Crippen molar-refractivity contribution in [3.63, 3.8) is 0 Å². The second-order valence-corrected chi connectivity index (χ2v) is 4.97. The van der Waals surface area contributed by atoms with Crippen molar-refractivity contribution in [2.75, 3.05) is 12.3 Å². The fourth-order valence-electron chi connectivity index (χ4n) is 1.95. The Kier molecular flexibility index (Phi) is 4.58. The summed E-state index contributed by atoms with van der Waals surface area (Å²) < 4.78 is 7.66. The molecule has 0 saturated carbocycles. The first-order valence-corrected chi connectivity index (χ1v) is 6.56. The highest BCUT2D eigenvalue weighted by atomic mass is 16.5. The van der Waals surface area contributed by atoms with Gasteiger partial charge in [0.25, 0.3) is 0 Å². The van der Waals surface area contributed by atoms with Crippen molar-refractivity contribution in [3.8, 4) is 0 Å². The van der Waals surface area contributed by atoms with E-state index in [2.05, 4.69) is 24.2 Å². The monoisotopic (exact) mass is 259 g/mol. The van der Waals surface area contributed by atoms with E-state index in [-0.39, 0.29) is 0 Å². The lowest BCUT2D eigenvalue weighted by atomic mass is 10.2. The minimum Gasteiger partial charge on any atom is -0.396 e. The molecule has 4 nitrogen and oxygen atoms in total. The maximum atomic E-state index is 5.78. The van der Waals surface area contributed by atoms with E-state index in [0.717, 1.165) is 17.9 Å². The molecule has 0 aliphatic heterocycles. The molecular weight excluding hydrogens is 238 g/mol. The lowest BCUT2D eigenvalue weighted by Gasteiger charge is -2.13. The molecule has 2 aromatic rings. The maximum Gasteiger partial charge on any atom is 0.0730 e. The van der Waals surface area contributed by atoms with Crippen LogP contribution in [0.15, 0.2) is 36.5 Å². The lowest BCUT2D eigenvalue weighted by molar-refractivity contribution is 0.0855. The Bertz CT molecular complexity index is 507. The fourth-order valence-corrected chi connectivity index (χ4v) is 1.95. The number of nitrogens with zero attached hydrogens (tertiary/aromatic N) is 2. The third-order valence-corrected chi connectivity index (χ3v) is 3.14. The van der Waals surface area contributed by atoms with Crippen molar-refractivity contribution in [2.45, 2.75) is 27.0 Å². The van der Waals surface area contributed by atoms with Crippen LogP contribution in [0.3, 0.4) is 0 Å². The van der Waals surface area contributed by atoms with Gasteiger partial charge in [0.05, 0.1) is 30.8 Å². The van der Waals surface area contributed by atoms with Crippen LogP contribution in [-0.2, 0) is 17.9 Å². The summed E-state index contributed by atoms with van der Waals surface area (Å²) in [5, 5.41) is 4.26. The number of anilines is 1. The van der Waals surface area contributed by atoms with E-state index in [4.69, 9.17) is 10.5 Å². The number of benzene rings is 1. The SMILES string of the molecule is Cc1c(N)cnn1CC(C)COCc1ccccc1. The molecule has 0 aliphatic rings. The van der Waals surface area contributed by atoms with Gasteiger partial charge < -0.3 is 10.5 Å². The zero-order valence-electron chi connectivity index (χ0n) is 11.5. The molecule has 2 N–H and O–H groups in total. The predicted molar refractivity (Wildman–Crippen MR) is 76.6 cm³/mol. The Hall–Kier alpha value is -1.81. The third-order valence-electron chi connectivity index (χ3n) is 3.14. The first-order valence-electron chi connectivity index (χ1n) is 6.56. The molecule has 0 fully saturated rings. The second kappa shape index (κ2) is 6.38. The van der Waals surface area contributed by atoms with Crippen molar-refractivity contribution < 1.29 is 4.74 Å². The van der Waals surface area contributed by atoms with Gasteiger partial charge in [-0.05, 0) is 18.4 Å². The summed E-state index contributed by atoms with van der Waals surface area (Å²) in [7, 11) is 0. The van der Waals surface area contributed by atoms with E-state index in [1.54, 1.807) is 6.20 Å². The summed E-state index contributed by atoms with van der Waals surface area (Å²) in [4.78, 5) is 0. The molecular formula is C15H21N3O. The topological polar surface area (TPSA) is 53.1 Å². The Morgan fingerprint density at radius 3 is 2.68 bits per heavy atom. The van der Waals surface area contributed by atoms with Gasteiger partial charge >= 0.3 is 0 Å². The smallest absolute Gasteiger partial charge is 0.0730 e. The molecule has 1 aromatic carbocycles. The normalized spacial score (nSPS) is 12.5. The molecule has 1 unspecified atom stereocenters. The van der Waals surface area contributed by atoms with Crippen molar-refractivity contribution in [1.82, 2.24) is 9.78 Å². The minimum absolute atomic E-state index is 0.404. The van der Waals surface area contributed by atoms with Gasteiger partial charge in [-0.2, -0.15) is 5.10 Å². The van der Waals surface area contributed by atoms with Gasteiger partial charge in [-0.15, -0.1) is 0 Å². The number of ether oxygens (including phenoxy) is 1. The van der Waals surface area contributed by atoms with Crippen molar-refractivity contribution in [2.24, 2.45) is 5.92 Å². The average Bonchev–Trinajstić information content (AvgIpc) is 2.72. The van der Waals surface area contributed by atoms with E-state index in [0.29, 0.717) is 19.1 Å². The predicted octanol–water partition coefficient (Wildman–Crippen LogP) is 2.63. The van der Waals surface area contributed by atoms with Crippen LogP contribution in [0.5, 0.6) is 0 Å². The van der Waals surface area contributed by atoms with E-state index >= 15 is 0 Å². The largest absolute Gasteiger partial charge is 0.396 e. The van der Waals surface area contributed by atoms with Gasteiger partial charge in [0.15, 0.2) is 0 Å². The standard InChI is InChI=1S/C15H21N3O/c1-12(9-18-13(2)15(16)8-17-18)10-19-11-14-6-4-3-5-7-14/h3-8,12H,9-11,16H2,1-2H3. The zero-order chi connectivity index (χ0) is 13.7. The van der Waals surface area contributed by atoms with Crippen LogP contribution >= 0.6 is 0 Å². The summed E-state index contributed by atoms with van der Waals surface area (Å²) >= 11 is 0. The Labute approximate surface area is 114 Å². The molecule has 102 valence electrons. The number of hydrogen-bond donors (Lipinski definition) is 1. The van der Waals surface area contributed by atoms with E-state index in [1.165, 1.54) is 5.56 Å². The Morgan fingerprint density at radius 2 is 2.05 bits per heavy atom. The van der Waals surface area contributed by atoms with Crippen LogP contribution in [0.2, 0.25) is 0 Å². The van der Waals surface area contributed by atoms with Crippen LogP contribution < -0.4 is 5.73 Å². The second-order valence-electron chi connectivity index (χ2n) is 4.97. The molecule has 0 amide bonds. The Morgan fingerprint density at radius 1 is 1.32 bits per heavy atom. The fraction of sp³-hybridized carbons (Fsp3) is 0.400. The summed E-state index contributed by atoms with van der Waals surface area (Å²) in [5.74, 6) is 0.404. The lowest BCUT2D eigenvalue weighted by Crippen LogP contribution is -2.15. The zero-order valence-corrected chi connectivity index (χ0v) is 11.5. The molecule has 0 bridgehead atoms. The highest BCUT2D eigenvalue weighted by molar-refractivity contribution is 5.39.